The van der Waals surface area contributed by atoms with Crippen LogP contribution in [0, 0.1) is 12.7 Å². The van der Waals surface area contributed by atoms with E-state index in [0.717, 1.165) is 18.5 Å². The van der Waals surface area contributed by atoms with Gasteiger partial charge in [-0.2, -0.15) is 0 Å². The summed E-state index contributed by atoms with van der Waals surface area (Å²) < 4.78 is 14.8. The van der Waals surface area contributed by atoms with Crippen LogP contribution < -0.4 is 5.56 Å². The number of hydrogen-bond acceptors (Lipinski definition) is 3. The molecule has 1 aliphatic rings. The standard InChI is InChI=1S/C17H14FN3O/c1-10-2-9-14-16(19-10)21(13-7-8-13)17(22)15(20-14)11-3-5-12(18)6-4-11/h2-6,9,13H,7-8H2,1H3. The molecule has 0 spiro atoms. The van der Waals surface area contributed by atoms with E-state index in [2.05, 4.69) is 9.97 Å². The highest BCUT2D eigenvalue weighted by Gasteiger charge is 2.28. The summed E-state index contributed by atoms with van der Waals surface area (Å²) in [5.41, 5.74) is 3.01. The quantitative estimate of drug-likeness (QED) is 0.729. The molecule has 0 aliphatic heterocycles. The fourth-order valence-corrected chi connectivity index (χ4v) is 2.65. The number of aromatic nitrogens is 3. The van der Waals surface area contributed by atoms with Crippen molar-refractivity contribution < 1.29 is 4.39 Å². The van der Waals surface area contributed by atoms with Crippen LogP contribution in [0.15, 0.2) is 41.2 Å². The molecule has 3 aromatic rings. The summed E-state index contributed by atoms with van der Waals surface area (Å²) in [5, 5.41) is 0. The Bertz CT molecular complexity index is 927. The van der Waals surface area contributed by atoms with Gasteiger partial charge < -0.3 is 0 Å². The van der Waals surface area contributed by atoms with Gasteiger partial charge in [-0.05, 0) is 56.2 Å². The van der Waals surface area contributed by atoms with Crippen molar-refractivity contribution in [3.63, 3.8) is 0 Å². The van der Waals surface area contributed by atoms with Gasteiger partial charge in [0.1, 0.15) is 17.0 Å². The van der Waals surface area contributed by atoms with E-state index in [-0.39, 0.29) is 17.4 Å². The minimum Gasteiger partial charge on any atom is -0.286 e. The Kier molecular flexibility index (Phi) is 2.82. The Morgan fingerprint density at radius 2 is 1.82 bits per heavy atom. The van der Waals surface area contributed by atoms with E-state index in [9.17, 15) is 9.18 Å². The van der Waals surface area contributed by atoms with Gasteiger partial charge in [0, 0.05) is 17.3 Å². The summed E-state index contributed by atoms with van der Waals surface area (Å²) in [6.07, 6.45) is 1.97. The van der Waals surface area contributed by atoms with Gasteiger partial charge in [-0.1, -0.05) is 0 Å². The number of pyridine rings is 1. The number of rotatable bonds is 2. The second kappa shape index (κ2) is 4.73. The average molecular weight is 295 g/mol. The lowest BCUT2D eigenvalue weighted by Crippen LogP contribution is -2.23. The van der Waals surface area contributed by atoms with Gasteiger partial charge in [-0.25, -0.2) is 14.4 Å². The normalized spacial score (nSPS) is 14.5. The molecule has 110 valence electrons. The zero-order valence-corrected chi connectivity index (χ0v) is 12.1. The van der Waals surface area contributed by atoms with Crippen molar-refractivity contribution in [2.75, 3.05) is 0 Å². The van der Waals surface area contributed by atoms with Gasteiger partial charge >= 0.3 is 0 Å². The molecule has 0 saturated heterocycles. The predicted molar refractivity (Wildman–Crippen MR) is 82.2 cm³/mol. The molecule has 1 aliphatic carbocycles. The number of fused-ring (bicyclic) bond motifs is 1. The molecular formula is C17H14FN3O. The molecule has 0 bridgehead atoms. The van der Waals surface area contributed by atoms with Crippen molar-refractivity contribution in [2.24, 2.45) is 0 Å². The van der Waals surface area contributed by atoms with Crippen LogP contribution in [-0.4, -0.2) is 14.5 Å². The first-order chi connectivity index (χ1) is 10.6. The fourth-order valence-electron chi connectivity index (χ4n) is 2.65. The number of benzene rings is 1. The second-order valence-corrected chi connectivity index (χ2v) is 5.67. The third kappa shape index (κ3) is 2.09. The Labute approximate surface area is 126 Å². The van der Waals surface area contributed by atoms with Crippen LogP contribution >= 0.6 is 0 Å². The molecule has 4 nitrogen and oxygen atoms in total. The maximum absolute atomic E-state index is 13.1. The third-order valence-electron chi connectivity index (χ3n) is 3.91. The number of aryl methyl sites for hydroxylation is 1. The molecule has 5 heteroatoms. The molecule has 0 radical (unpaired) electrons. The minimum absolute atomic E-state index is 0.153. The first-order valence-electron chi connectivity index (χ1n) is 7.29. The van der Waals surface area contributed by atoms with Gasteiger partial charge in [0.05, 0.1) is 0 Å². The smallest absolute Gasteiger partial charge is 0.278 e. The van der Waals surface area contributed by atoms with Gasteiger partial charge in [0.15, 0.2) is 5.65 Å². The van der Waals surface area contributed by atoms with Crippen LogP contribution in [0.5, 0.6) is 0 Å². The van der Waals surface area contributed by atoms with Gasteiger partial charge in [0.2, 0.25) is 0 Å². The van der Waals surface area contributed by atoms with Gasteiger partial charge in [-0.15, -0.1) is 0 Å². The number of nitrogens with zero attached hydrogens (tertiary/aromatic N) is 3. The zero-order chi connectivity index (χ0) is 15.3. The summed E-state index contributed by atoms with van der Waals surface area (Å²) in [6, 6.07) is 9.82. The molecule has 2 heterocycles. The SMILES string of the molecule is Cc1ccc2nc(-c3ccc(F)cc3)c(=O)n(C3CC3)c2n1. The van der Waals surface area contributed by atoms with Crippen molar-refractivity contribution in [3.05, 3.63) is 58.3 Å². The van der Waals surface area contributed by atoms with Crippen molar-refractivity contribution in [2.45, 2.75) is 25.8 Å². The summed E-state index contributed by atoms with van der Waals surface area (Å²) in [5.74, 6) is -0.329. The zero-order valence-electron chi connectivity index (χ0n) is 12.1. The van der Waals surface area contributed by atoms with Crippen LogP contribution in [0.2, 0.25) is 0 Å². The molecule has 0 N–H and O–H groups in total. The first kappa shape index (κ1) is 13.1. The summed E-state index contributed by atoms with van der Waals surface area (Å²) in [7, 11) is 0. The average Bonchev–Trinajstić information content (AvgIpc) is 3.32. The lowest BCUT2D eigenvalue weighted by Gasteiger charge is -2.11. The van der Waals surface area contributed by atoms with Crippen LogP contribution in [0.1, 0.15) is 24.6 Å². The predicted octanol–water partition coefficient (Wildman–Crippen LogP) is 3.24. The van der Waals surface area contributed by atoms with E-state index in [1.165, 1.54) is 12.1 Å². The minimum atomic E-state index is -0.329. The van der Waals surface area contributed by atoms with E-state index >= 15 is 0 Å². The number of hydrogen-bond donors (Lipinski definition) is 0. The second-order valence-electron chi connectivity index (χ2n) is 5.67. The van der Waals surface area contributed by atoms with E-state index in [0.29, 0.717) is 22.4 Å². The Morgan fingerprint density at radius 1 is 1.09 bits per heavy atom. The van der Waals surface area contributed by atoms with E-state index < -0.39 is 0 Å². The summed E-state index contributed by atoms with van der Waals surface area (Å²) in [6.45, 7) is 1.90. The Morgan fingerprint density at radius 3 is 2.50 bits per heavy atom. The number of halogens is 1. The van der Waals surface area contributed by atoms with Crippen LogP contribution in [-0.2, 0) is 0 Å². The summed E-state index contributed by atoms with van der Waals surface area (Å²) >= 11 is 0. The summed E-state index contributed by atoms with van der Waals surface area (Å²) in [4.78, 5) is 21.8. The van der Waals surface area contributed by atoms with Crippen LogP contribution in [0.25, 0.3) is 22.4 Å². The molecule has 0 atom stereocenters. The maximum Gasteiger partial charge on any atom is 0.278 e. The lowest BCUT2D eigenvalue weighted by molar-refractivity contribution is 0.628. The molecule has 1 saturated carbocycles. The van der Waals surface area contributed by atoms with Crippen molar-refractivity contribution in [1.82, 2.24) is 14.5 Å². The topological polar surface area (TPSA) is 47.8 Å². The highest BCUT2D eigenvalue weighted by atomic mass is 19.1. The van der Waals surface area contributed by atoms with Crippen molar-refractivity contribution >= 4 is 11.2 Å². The molecule has 4 rings (SSSR count). The highest BCUT2D eigenvalue weighted by molar-refractivity contribution is 5.74. The largest absolute Gasteiger partial charge is 0.286 e. The maximum atomic E-state index is 13.1. The molecule has 22 heavy (non-hydrogen) atoms. The monoisotopic (exact) mass is 295 g/mol. The van der Waals surface area contributed by atoms with Crippen molar-refractivity contribution in [3.8, 4) is 11.3 Å². The molecule has 1 aromatic carbocycles. The fraction of sp³-hybridized carbons (Fsp3) is 0.235. The lowest BCUT2D eigenvalue weighted by atomic mass is 10.1. The van der Waals surface area contributed by atoms with Crippen molar-refractivity contribution in [1.29, 1.82) is 0 Å². The van der Waals surface area contributed by atoms with Crippen LogP contribution in [0.3, 0.4) is 0 Å². The van der Waals surface area contributed by atoms with E-state index in [4.69, 9.17) is 0 Å². The van der Waals surface area contributed by atoms with E-state index in [1.807, 2.05) is 19.1 Å². The third-order valence-corrected chi connectivity index (χ3v) is 3.91. The Hall–Kier alpha value is -2.56. The van der Waals surface area contributed by atoms with E-state index in [1.54, 1.807) is 16.7 Å². The van der Waals surface area contributed by atoms with Crippen LogP contribution in [0.4, 0.5) is 4.39 Å². The molecule has 2 aromatic heterocycles. The Balaban J connectivity index is 2.04. The van der Waals surface area contributed by atoms with Gasteiger partial charge in [0.25, 0.3) is 5.56 Å². The highest BCUT2D eigenvalue weighted by Crippen LogP contribution is 2.35. The molecule has 0 amide bonds. The molecule has 0 unspecified atom stereocenters. The molecule has 1 fully saturated rings. The molecular weight excluding hydrogens is 281 g/mol. The van der Waals surface area contributed by atoms with Gasteiger partial charge in [-0.3, -0.25) is 9.36 Å². The first-order valence-corrected chi connectivity index (χ1v) is 7.29.